The van der Waals surface area contributed by atoms with Crippen LogP contribution in [0.1, 0.15) is 11.9 Å². The van der Waals surface area contributed by atoms with Crippen LogP contribution < -0.4 is 16.6 Å². The predicted molar refractivity (Wildman–Crippen MR) is 69.1 cm³/mol. The number of hydrogen-bond donors (Lipinski definition) is 1. The maximum absolute atomic E-state index is 11.8. The lowest BCUT2D eigenvalue weighted by molar-refractivity contribution is 0.634. The van der Waals surface area contributed by atoms with Crippen molar-refractivity contribution in [3.8, 4) is 0 Å². The average molecular weight is 267 g/mol. The Balaban J connectivity index is 2.31. The third kappa shape index (κ3) is 2.48. The Kier molecular flexibility index (Phi) is 3.56. The van der Waals surface area contributed by atoms with Gasteiger partial charge in [0.25, 0.3) is 5.56 Å². The van der Waals surface area contributed by atoms with Crippen molar-refractivity contribution >= 4 is 16.5 Å². The zero-order valence-corrected chi connectivity index (χ0v) is 10.9. The Bertz CT molecular complexity index is 657. The Morgan fingerprint density at radius 1 is 1.39 bits per heavy atom. The summed E-state index contributed by atoms with van der Waals surface area (Å²) in [5.41, 5.74) is -0.694. The van der Waals surface area contributed by atoms with Crippen LogP contribution in [-0.4, -0.2) is 25.9 Å². The molecule has 0 amide bonds. The number of hydrogen-bond acceptors (Lipinski definition) is 6. The summed E-state index contributed by atoms with van der Waals surface area (Å²) in [5, 5.41) is 12.2. The third-order valence-electron chi connectivity index (χ3n) is 2.33. The van der Waals surface area contributed by atoms with Crippen LogP contribution in [0.3, 0.4) is 0 Å². The van der Waals surface area contributed by atoms with E-state index < -0.39 is 0 Å². The van der Waals surface area contributed by atoms with E-state index in [0.29, 0.717) is 10.1 Å². The molecule has 0 aliphatic carbocycles. The van der Waals surface area contributed by atoms with Gasteiger partial charge in [-0.1, -0.05) is 11.3 Å². The van der Waals surface area contributed by atoms with Gasteiger partial charge in [0.1, 0.15) is 5.01 Å². The minimum absolute atomic E-state index is 0.148. The highest BCUT2D eigenvalue weighted by Gasteiger charge is 2.08. The van der Waals surface area contributed by atoms with Gasteiger partial charge in [0.05, 0.1) is 6.54 Å². The topological polar surface area (TPSA) is 81.8 Å². The van der Waals surface area contributed by atoms with E-state index in [1.165, 1.54) is 28.2 Å². The number of rotatable bonds is 4. The molecule has 2 aromatic heterocycles. The van der Waals surface area contributed by atoms with Crippen molar-refractivity contribution in [2.24, 2.45) is 7.05 Å². The van der Waals surface area contributed by atoms with Gasteiger partial charge in [-0.2, -0.15) is 0 Å². The summed E-state index contributed by atoms with van der Waals surface area (Å²) in [6, 6.07) is 1.35. The molecule has 0 atom stereocenters. The molecule has 8 heteroatoms. The van der Waals surface area contributed by atoms with Gasteiger partial charge >= 0.3 is 5.69 Å². The molecule has 0 spiro atoms. The summed E-state index contributed by atoms with van der Waals surface area (Å²) >= 11 is 1.33. The minimum Gasteiger partial charge on any atom is -0.360 e. The molecule has 2 heterocycles. The van der Waals surface area contributed by atoms with E-state index in [4.69, 9.17) is 0 Å². The molecule has 18 heavy (non-hydrogen) atoms. The zero-order valence-electron chi connectivity index (χ0n) is 10.1. The average Bonchev–Trinajstić information content (AvgIpc) is 2.78. The third-order valence-corrected chi connectivity index (χ3v) is 3.19. The number of nitrogens with one attached hydrogen (secondary N) is 1. The fourth-order valence-corrected chi connectivity index (χ4v) is 2.23. The fourth-order valence-electron chi connectivity index (χ4n) is 1.43. The number of aromatic nitrogens is 4. The molecule has 0 aliphatic heterocycles. The summed E-state index contributed by atoms with van der Waals surface area (Å²) in [5.74, 6) is 0. The van der Waals surface area contributed by atoms with Crippen LogP contribution >= 0.6 is 11.3 Å². The molecular formula is C10H13N5O2S. The number of nitrogens with zero attached hydrogens (tertiary/aromatic N) is 4. The summed E-state index contributed by atoms with van der Waals surface area (Å²) in [7, 11) is 1.60. The molecule has 0 bridgehead atoms. The highest BCUT2D eigenvalue weighted by Crippen LogP contribution is 2.14. The normalized spacial score (nSPS) is 10.6. The molecule has 0 unspecified atom stereocenters. The Hall–Kier alpha value is -1.96. The van der Waals surface area contributed by atoms with Crippen LogP contribution in [0.2, 0.25) is 0 Å². The first-order valence-corrected chi connectivity index (χ1v) is 6.26. The Morgan fingerprint density at radius 2 is 2.17 bits per heavy atom. The monoisotopic (exact) mass is 267 g/mol. The summed E-state index contributed by atoms with van der Waals surface area (Å²) in [6.45, 7) is 2.86. The summed E-state index contributed by atoms with van der Waals surface area (Å²) < 4.78 is 2.49. The molecule has 1 N–H and O–H groups in total. The molecule has 7 nitrogen and oxygen atoms in total. The van der Waals surface area contributed by atoms with Crippen LogP contribution in [-0.2, 0) is 13.6 Å². The highest BCUT2D eigenvalue weighted by atomic mass is 32.1. The Morgan fingerprint density at radius 3 is 2.89 bits per heavy atom. The van der Waals surface area contributed by atoms with Gasteiger partial charge in [0.2, 0.25) is 5.13 Å². The van der Waals surface area contributed by atoms with E-state index in [2.05, 4.69) is 15.5 Å². The summed E-state index contributed by atoms with van der Waals surface area (Å²) in [4.78, 5) is 23.4. The smallest absolute Gasteiger partial charge is 0.331 e. The molecule has 0 aliphatic rings. The molecule has 0 saturated carbocycles. The minimum atomic E-state index is -0.359. The van der Waals surface area contributed by atoms with E-state index in [1.807, 2.05) is 6.92 Å². The first kappa shape index (κ1) is 12.5. The highest BCUT2D eigenvalue weighted by molar-refractivity contribution is 7.15. The summed E-state index contributed by atoms with van der Waals surface area (Å²) in [6.07, 6.45) is 1.45. The molecule has 0 radical (unpaired) electrons. The number of anilines is 1. The second kappa shape index (κ2) is 5.13. The maximum atomic E-state index is 11.8. The van der Waals surface area contributed by atoms with Crippen LogP contribution in [0.4, 0.5) is 5.13 Å². The largest absolute Gasteiger partial charge is 0.360 e. The lowest BCUT2D eigenvalue weighted by atomic mass is 10.5. The second-order valence-corrected chi connectivity index (χ2v) is 4.73. The first-order valence-electron chi connectivity index (χ1n) is 5.44. The van der Waals surface area contributed by atoms with Crippen LogP contribution in [0, 0.1) is 0 Å². The van der Waals surface area contributed by atoms with Gasteiger partial charge in [-0.15, -0.1) is 10.2 Å². The van der Waals surface area contributed by atoms with E-state index in [-0.39, 0.29) is 17.8 Å². The van der Waals surface area contributed by atoms with Crippen LogP contribution in [0.15, 0.2) is 21.9 Å². The van der Waals surface area contributed by atoms with E-state index in [1.54, 1.807) is 7.05 Å². The molecule has 2 aromatic rings. The molecule has 96 valence electrons. The SMILES string of the molecule is CCNc1nnc(Cn2c(=O)ccn(C)c2=O)s1. The van der Waals surface area contributed by atoms with Crippen LogP contribution in [0.25, 0.3) is 0 Å². The van der Waals surface area contributed by atoms with Crippen molar-refractivity contribution in [3.05, 3.63) is 38.1 Å². The van der Waals surface area contributed by atoms with Gasteiger partial charge in [-0.3, -0.25) is 9.36 Å². The first-order chi connectivity index (χ1) is 8.61. The second-order valence-electron chi connectivity index (χ2n) is 3.66. The van der Waals surface area contributed by atoms with Crippen molar-refractivity contribution in [2.75, 3.05) is 11.9 Å². The fraction of sp³-hybridized carbons (Fsp3) is 0.400. The molecular weight excluding hydrogens is 254 g/mol. The van der Waals surface area contributed by atoms with Gasteiger partial charge in [-0.25, -0.2) is 4.79 Å². The van der Waals surface area contributed by atoms with E-state index in [9.17, 15) is 9.59 Å². The molecule has 0 saturated heterocycles. The van der Waals surface area contributed by atoms with Crippen molar-refractivity contribution in [1.82, 2.24) is 19.3 Å². The van der Waals surface area contributed by atoms with Crippen molar-refractivity contribution < 1.29 is 0 Å². The number of aryl methyl sites for hydroxylation is 1. The van der Waals surface area contributed by atoms with Crippen molar-refractivity contribution in [1.29, 1.82) is 0 Å². The lowest BCUT2D eigenvalue weighted by Gasteiger charge is -2.03. The predicted octanol–water partition coefficient (Wildman–Crippen LogP) is -0.121. The lowest BCUT2D eigenvalue weighted by Crippen LogP contribution is -2.38. The molecule has 0 fully saturated rings. The van der Waals surface area contributed by atoms with E-state index >= 15 is 0 Å². The van der Waals surface area contributed by atoms with Gasteiger partial charge in [0, 0.05) is 25.9 Å². The quantitative estimate of drug-likeness (QED) is 0.835. The standard InChI is InChI=1S/C10H13N5O2S/c1-3-11-9-13-12-7(18-9)6-15-8(16)4-5-14(2)10(15)17/h4-5H,3,6H2,1-2H3,(H,11,13). The maximum Gasteiger partial charge on any atom is 0.331 e. The van der Waals surface area contributed by atoms with Gasteiger partial charge in [-0.05, 0) is 6.92 Å². The van der Waals surface area contributed by atoms with Gasteiger partial charge < -0.3 is 9.88 Å². The Labute approximate surface area is 107 Å². The zero-order chi connectivity index (χ0) is 13.1. The molecule has 2 rings (SSSR count). The van der Waals surface area contributed by atoms with Crippen molar-refractivity contribution in [3.63, 3.8) is 0 Å². The van der Waals surface area contributed by atoms with Gasteiger partial charge in [0.15, 0.2) is 0 Å². The molecule has 0 aromatic carbocycles. The van der Waals surface area contributed by atoms with E-state index in [0.717, 1.165) is 11.1 Å². The van der Waals surface area contributed by atoms with Crippen LogP contribution in [0.5, 0.6) is 0 Å². The van der Waals surface area contributed by atoms with Crippen molar-refractivity contribution in [2.45, 2.75) is 13.5 Å².